The lowest BCUT2D eigenvalue weighted by molar-refractivity contribution is 0.628. The van der Waals surface area contributed by atoms with Gasteiger partial charge in [-0.25, -0.2) is 4.39 Å². The Morgan fingerprint density at radius 1 is 0.905 bits per heavy atom. The average molecular weight is 275 g/mol. The molecule has 0 unspecified atom stereocenters. The largest absolute Gasteiger partial charge is 0.207 e. The summed E-state index contributed by atoms with van der Waals surface area (Å²) in [6.07, 6.45) is 1.64. The molecule has 1 heterocycles. The van der Waals surface area contributed by atoms with Crippen molar-refractivity contribution in [2.24, 2.45) is 0 Å². The third-order valence-corrected chi connectivity index (χ3v) is 3.12. The highest BCUT2D eigenvalue weighted by molar-refractivity contribution is 5.69. The van der Waals surface area contributed by atoms with Gasteiger partial charge in [0.05, 0.1) is 23.5 Å². The Hall–Kier alpha value is -3.06. The number of benzene rings is 2. The van der Waals surface area contributed by atoms with Crippen molar-refractivity contribution in [2.75, 3.05) is 0 Å². The topological polar surface area (TPSA) is 49.6 Å². The fraction of sp³-hybridized carbons (Fsp3) is 0. The molecule has 0 spiro atoms. The molecule has 0 aliphatic rings. The maximum Gasteiger partial charge on any atom is 0.123 e. The van der Waals surface area contributed by atoms with Crippen LogP contribution in [0.5, 0.6) is 0 Å². The maximum absolute atomic E-state index is 13.3. The van der Waals surface area contributed by atoms with Crippen molar-refractivity contribution in [1.29, 1.82) is 5.26 Å². The van der Waals surface area contributed by atoms with Gasteiger partial charge >= 0.3 is 0 Å². The molecule has 0 aliphatic heterocycles. The lowest BCUT2D eigenvalue weighted by Crippen LogP contribution is -1.90. The highest BCUT2D eigenvalue weighted by atomic mass is 19.1. The van der Waals surface area contributed by atoms with Crippen molar-refractivity contribution in [3.05, 3.63) is 72.2 Å². The van der Waals surface area contributed by atoms with Crippen LogP contribution in [-0.2, 0) is 0 Å². The first kappa shape index (κ1) is 12.9. The van der Waals surface area contributed by atoms with E-state index in [-0.39, 0.29) is 5.82 Å². The normalized spacial score (nSPS) is 10.1. The van der Waals surface area contributed by atoms with Gasteiger partial charge in [-0.15, -0.1) is 0 Å². The predicted octanol–water partition coefficient (Wildman–Crippen LogP) is 3.82. The predicted molar refractivity (Wildman–Crippen MR) is 77.6 cm³/mol. The lowest BCUT2D eigenvalue weighted by Gasteiger charge is -2.04. The van der Waals surface area contributed by atoms with Crippen LogP contribution in [0.25, 0.3) is 22.4 Å². The van der Waals surface area contributed by atoms with E-state index in [1.165, 1.54) is 12.1 Å². The lowest BCUT2D eigenvalue weighted by atomic mass is 10.0. The number of nitrogens with zero attached hydrogens (tertiary/aromatic N) is 3. The molecule has 2 aromatic carbocycles. The van der Waals surface area contributed by atoms with Crippen molar-refractivity contribution in [2.45, 2.75) is 0 Å². The molecule has 0 atom stereocenters. The van der Waals surface area contributed by atoms with E-state index < -0.39 is 0 Å². The van der Waals surface area contributed by atoms with Gasteiger partial charge < -0.3 is 0 Å². The smallest absolute Gasteiger partial charge is 0.123 e. The minimum Gasteiger partial charge on any atom is -0.207 e. The summed E-state index contributed by atoms with van der Waals surface area (Å²) in [5.41, 5.74) is 3.69. The Labute approximate surface area is 121 Å². The van der Waals surface area contributed by atoms with Gasteiger partial charge in [0.1, 0.15) is 5.82 Å². The average Bonchev–Trinajstić information content (AvgIpc) is 2.55. The Kier molecular flexibility index (Phi) is 3.40. The Morgan fingerprint density at radius 3 is 2.43 bits per heavy atom. The Bertz CT molecular complexity index is 820. The summed E-state index contributed by atoms with van der Waals surface area (Å²) in [6.45, 7) is 0. The molecular formula is C17H10FN3. The second kappa shape index (κ2) is 5.51. The first-order valence-corrected chi connectivity index (χ1v) is 6.35. The number of halogens is 1. The van der Waals surface area contributed by atoms with Gasteiger partial charge in [-0.05, 0) is 35.9 Å². The molecule has 0 saturated carbocycles. The van der Waals surface area contributed by atoms with Gasteiger partial charge in [-0.1, -0.05) is 24.3 Å². The highest BCUT2D eigenvalue weighted by Gasteiger charge is 2.05. The third kappa shape index (κ3) is 2.77. The van der Waals surface area contributed by atoms with E-state index in [1.807, 2.05) is 18.2 Å². The van der Waals surface area contributed by atoms with Gasteiger partial charge in [0, 0.05) is 11.1 Å². The molecule has 0 bridgehead atoms. The van der Waals surface area contributed by atoms with Crippen molar-refractivity contribution < 1.29 is 4.39 Å². The maximum atomic E-state index is 13.3. The van der Waals surface area contributed by atoms with Crippen molar-refractivity contribution in [1.82, 2.24) is 10.2 Å². The number of aromatic nitrogens is 2. The molecule has 0 aliphatic carbocycles. The number of nitriles is 1. The summed E-state index contributed by atoms with van der Waals surface area (Å²) in [4.78, 5) is 0. The monoisotopic (exact) mass is 275 g/mol. The van der Waals surface area contributed by atoms with Crippen molar-refractivity contribution in [3.63, 3.8) is 0 Å². The van der Waals surface area contributed by atoms with E-state index in [0.29, 0.717) is 16.8 Å². The van der Waals surface area contributed by atoms with Crippen LogP contribution in [0.1, 0.15) is 5.56 Å². The molecule has 3 nitrogen and oxygen atoms in total. The van der Waals surface area contributed by atoms with E-state index in [2.05, 4.69) is 16.3 Å². The molecule has 0 saturated heterocycles. The summed E-state index contributed by atoms with van der Waals surface area (Å²) < 4.78 is 13.3. The molecule has 0 N–H and O–H groups in total. The van der Waals surface area contributed by atoms with Crippen LogP contribution in [0.2, 0.25) is 0 Å². The van der Waals surface area contributed by atoms with E-state index in [0.717, 1.165) is 11.1 Å². The molecular weight excluding hydrogens is 265 g/mol. The summed E-state index contributed by atoms with van der Waals surface area (Å²) in [6, 6.07) is 17.4. The first-order chi connectivity index (χ1) is 10.3. The summed E-state index contributed by atoms with van der Waals surface area (Å²) in [5, 5.41) is 16.8. The second-order valence-corrected chi connectivity index (χ2v) is 4.53. The molecule has 0 fully saturated rings. The van der Waals surface area contributed by atoms with E-state index in [9.17, 15) is 4.39 Å². The molecule has 4 heteroatoms. The molecule has 3 rings (SSSR count). The molecule has 3 aromatic rings. The molecule has 0 amide bonds. The zero-order valence-electron chi connectivity index (χ0n) is 11.0. The quantitative estimate of drug-likeness (QED) is 0.714. The van der Waals surface area contributed by atoms with Crippen LogP contribution >= 0.6 is 0 Å². The molecule has 21 heavy (non-hydrogen) atoms. The summed E-state index contributed by atoms with van der Waals surface area (Å²) in [5.74, 6) is -0.307. The SMILES string of the molecule is N#Cc1ccc(-c2cnnc(-c3cccc(F)c3)c2)cc1. The Balaban J connectivity index is 2.01. The van der Waals surface area contributed by atoms with Gasteiger partial charge in [-0.2, -0.15) is 15.5 Å². The second-order valence-electron chi connectivity index (χ2n) is 4.53. The number of hydrogen-bond donors (Lipinski definition) is 0. The fourth-order valence-electron chi connectivity index (χ4n) is 2.05. The van der Waals surface area contributed by atoms with Gasteiger partial charge in [0.2, 0.25) is 0 Å². The zero-order valence-corrected chi connectivity index (χ0v) is 11.0. The van der Waals surface area contributed by atoms with Crippen LogP contribution in [0, 0.1) is 17.1 Å². The van der Waals surface area contributed by atoms with Gasteiger partial charge in [0.25, 0.3) is 0 Å². The summed E-state index contributed by atoms with van der Waals surface area (Å²) in [7, 11) is 0. The van der Waals surface area contributed by atoms with Crippen molar-refractivity contribution in [3.8, 4) is 28.5 Å². The van der Waals surface area contributed by atoms with E-state index >= 15 is 0 Å². The first-order valence-electron chi connectivity index (χ1n) is 6.35. The fourth-order valence-corrected chi connectivity index (χ4v) is 2.05. The van der Waals surface area contributed by atoms with Gasteiger partial charge in [-0.3, -0.25) is 0 Å². The van der Waals surface area contributed by atoms with Crippen molar-refractivity contribution >= 4 is 0 Å². The molecule has 1 aromatic heterocycles. The van der Waals surface area contributed by atoms with Crippen LogP contribution in [0.15, 0.2) is 60.8 Å². The minimum atomic E-state index is -0.307. The van der Waals surface area contributed by atoms with E-state index in [1.54, 1.807) is 30.5 Å². The van der Waals surface area contributed by atoms with E-state index in [4.69, 9.17) is 5.26 Å². The van der Waals surface area contributed by atoms with Crippen LogP contribution in [0.4, 0.5) is 4.39 Å². The van der Waals surface area contributed by atoms with Gasteiger partial charge in [0.15, 0.2) is 0 Å². The highest BCUT2D eigenvalue weighted by Crippen LogP contribution is 2.24. The number of hydrogen-bond acceptors (Lipinski definition) is 3. The van der Waals surface area contributed by atoms with Crippen LogP contribution in [-0.4, -0.2) is 10.2 Å². The molecule has 100 valence electrons. The number of rotatable bonds is 2. The Morgan fingerprint density at radius 2 is 1.71 bits per heavy atom. The zero-order chi connectivity index (χ0) is 14.7. The van der Waals surface area contributed by atoms with Crippen LogP contribution in [0.3, 0.4) is 0 Å². The minimum absolute atomic E-state index is 0.307. The third-order valence-electron chi connectivity index (χ3n) is 3.12. The standard InChI is InChI=1S/C17H10FN3/c18-16-3-1-2-14(8-16)17-9-15(11-20-21-17)13-6-4-12(10-19)5-7-13/h1-9,11H. The summed E-state index contributed by atoms with van der Waals surface area (Å²) >= 11 is 0. The molecule has 0 radical (unpaired) electrons. The van der Waals surface area contributed by atoms with Crippen LogP contribution < -0.4 is 0 Å².